The van der Waals surface area contributed by atoms with E-state index in [1.807, 2.05) is 0 Å². The van der Waals surface area contributed by atoms with Crippen LogP contribution in [0.5, 0.6) is 0 Å². The summed E-state index contributed by atoms with van der Waals surface area (Å²) in [5, 5.41) is 6.33. The highest BCUT2D eigenvalue weighted by Gasteiger charge is 1.98. The molecular formula is CH3N3O+. The van der Waals surface area contributed by atoms with Gasteiger partial charge in [0.25, 0.3) is 12.0 Å². The normalized spacial score (nSPS) is 17.6. The zero-order chi connectivity index (χ0) is 3.54. The van der Waals surface area contributed by atoms with Crippen LogP contribution in [0, 0.1) is 0 Å². The van der Waals surface area contributed by atoms with Gasteiger partial charge in [-0.25, -0.2) is 4.84 Å². The van der Waals surface area contributed by atoms with Gasteiger partial charge in [-0.15, -0.1) is 5.43 Å². The Morgan fingerprint density at radius 3 is 3.20 bits per heavy atom. The number of hydrogen-bond acceptors (Lipinski definition) is 4. The van der Waals surface area contributed by atoms with Crippen LogP contribution in [0.1, 0.15) is 0 Å². The van der Waals surface area contributed by atoms with Crippen molar-refractivity contribution < 1.29 is 4.84 Å². The van der Waals surface area contributed by atoms with Crippen molar-refractivity contribution in [2.24, 2.45) is 5.22 Å². The molecule has 0 aromatic carbocycles. The Labute approximate surface area is 28.8 Å². The second-order valence-electron chi connectivity index (χ2n) is 0.613. The minimum absolute atomic E-state index is 0.417. The third kappa shape index (κ3) is 0.261. The van der Waals surface area contributed by atoms with Gasteiger partial charge in [-0.05, 0) is 0 Å². The summed E-state index contributed by atoms with van der Waals surface area (Å²) in [6.07, 6.45) is 0. The second kappa shape index (κ2) is 0.878. The van der Waals surface area contributed by atoms with E-state index in [1.54, 1.807) is 0 Å². The first kappa shape index (κ1) is 2.44. The maximum Gasteiger partial charge on any atom is 0.297 e. The molecule has 0 aromatic heterocycles. The molecule has 1 radical (unpaired) electrons. The molecule has 0 bridgehead atoms. The lowest BCUT2D eigenvalue weighted by Crippen LogP contribution is -1.98. The molecule has 0 saturated carbocycles. The summed E-state index contributed by atoms with van der Waals surface area (Å²) in [4.78, 5) is 4.29. The number of nitrogens with one attached hydrogen (secondary N) is 1. The molecule has 5 heavy (non-hydrogen) atoms. The second-order valence-corrected chi connectivity index (χ2v) is 0.613. The largest absolute Gasteiger partial charge is 0.297 e. The fraction of sp³-hybridized carbons (Fsp3) is 1.00. The standard InChI is InChI=1S/CH3N3O/c1-2-3-4-5-1/h2H,1H2/q+1. The molecule has 4 heteroatoms. The Hall–Kier alpha value is -0.800. The summed E-state index contributed by atoms with van der Waals surface area (Å²) >= 11 is 0. The SMILES string of the molecule is C1NN=[N+]O1. The number of rotatable bonds is 0. The average Bonchev–Trinajstić information content (AvgIpc) is 1.76. The lowest BCUT2D eigenvalue weighted by atomic mass is 11.4. The van der Waals surface area contributed by atoms with Crippen LogP contribution < -0.4 is 10.7 Å². The van der Waals surface area contributed by atoms with Gasteiger partial charge in [0, 0.05) is 0 Å². The van der Waals surface area contributed by atoms with Crippen LogP contribution in [-0.2, 0) is 4.84 Å². The molecule has 0 unspecified atom stereocenters. The van der Waals surface area contributed by atoms with E-state index in [2.05, 4.69) is 20.8 Å². The summed E-state index contributed by atoms with van der Waals surface area (Å²) in [7, 11) is 0. The van der Waals surface area contributed by atoms with E-state index >= 15 is 0 Å². The van der Waals surface area contributed by atoms with Crippen LogP contribution >= 0.6 is 0 Å². The first-order valence-corrected chi connectivity index (χ1v) is 1.25. The third-order valence-corrected chi connectivity index (χ3v) is 0.298. The molecular weight excluding hydrogens is 70.0 g/mol. The first-order chi connectivity index (χ1) is 2.50. The van der Waals surface area contributed by atoms with Gasteiger partial charge in [0.15, 0.2) is 5.22 Å². The molecule has 1 rings (SSSR count). The van der Waals surface area contributed by atoms with Gasteiger partial charge in [0.05, 0.1) is 0 Å². The van der Waals surface area contributed by atoms with Crippen LogP contribution in [0.2, 0.25) is 0 Å². The molecule has 0 aromatic rings. The molecule has 27 valence electrons. The highest BCUT2D eigenvalue weighted by atomic mass is 16.7. The zero-order valence-electron chi connectivity index (χ0n) is 2.51. The van der Waals surface area contributed by atoms with Crippen LogP contribution in [-0.4, -0.2) is 6.73 Å². The van der Waals surface area contributed by atoms with E-state index in [0.717, 1.165) is 0 Å². The maximum absolute atomic E-state index is 4.29. The first-order valence-electron chi connectivity index (χ1n) is 1.25. The molecule has 0 aliphatic carbocycles. The van der Waals surface area contributed by atoms with E-state index in [9.17, 15) is 0 Å². The van der Waals surface area contributed by atoms with Gasteiger partial charge in [0.2, 0.25) is 0 Å². The van der Waals surface area contributed by atoms with Gasteiger partial charge in [-0.3, -0.25) is 0 Å². The lowest BCUT2D eigenvalue weighted by molar-refractivity contribution is 0.115. The van der Waals surface area contributed by atoms with Crippen LogP contribution in [0.15, 0.2) is 5.22 Å². The van der Waals surface area contributed by atoms with Gasteiger partial charge >= 0.3 is 0 Å². The Balaban J connectivity index is 2.32. The molecule has 1 aliphatic rings. The Morgan fingerprint density at radius 1 is 2.00 bits per heavy atom. The van der Waals surface area contributed by atoms with Crippen molar-refractivity contribution in [2.45, 2.75) is 0 Å². The van der Waals surface area contributed by atoms with Gasteiger partial charge in [-0.1, -0.05) is 0 Å². The number of nitrogens with zero attached hydrogens (tertiary/aromatic N) is 2. The molecule has 1 aliphatic heterocycles. The molecule has 0 amide bonds. The zero-order valence-corrected chi connectivity index (χ0v) is 2.51. The molecule has 0 spiro atoms. The predicted molar refractivity (Wildman–Crippen MR) is 13.6 cm³/mol. The smallest absolute Gasteiger partial charge is 0.229 e. The molecule has 4 nitrogen and oxygen atoms in total. The topological polar surface area (TPSA) is 47.7 Å². The van der Waals surface area contributed by atoms with Crippen molar-refractivity contribution in [1.29, 1.82) is 0 Å². The van der Waals surface area contributed by atoms with Gasteiger partial charge < -0.3 is 0 Å². The summed E-state index contributed by atoms with van der Waals surface area (Å²) in [6, 6.07) is 0. The van der Waals surface area contributed by atoms with E-state index in [0.29, 0.717) is 6.73 Å². The van der Waals surface area contributed by atoms with Crippen molar-refractivity contribution in [2.75, 3.05) is 6.73 Å². The maximum atomic E-state index is 4.29. The van der Waals surface area contributed by atoms with E-state index < -0.39 is 0 Å². The molecule has 1 N–H and O–H groups in total. The number of hydrogen-bond donors (Lipinski definition) is 1. The minimum Gasteiger partial charge on any atom is -0.229 e. The van der Waals surface area contributed by atoms with Gasteiger partial charge in [0.1, 0.15) is 0 Å². The van der Waals surface area contributed by atoms with E-state index in [1.165, 1.54) is 0 Å². The van der Waals surface area contributed by atoms with Crippen molar-refractivity contribution in [3.63, 3.8) is 0 Å². The summed E-state index contributed by atoms with van der Waals surface area (Å²) in [5.41, 5.74) is 2.46. The average molecular weight is 73.1 g/mol. The Kier molecular flexibility index (Phi) is 0.428. The van der Waals surface area contributed by atoms with Gasteiger partial charge in [-0.2, -0.15) is 0 Å². The van der Waals surface area contributed by atoms with Crippen molar-refractivity contribution in [3.8, 4) is 0 Å². The molecule has 1 heterocycles. The van der Waals surface area contributed by atoms with Crippen LogP contribution in [0.3, 0.4) is 0 Å². The summed E-state index contributed by atoms with van der Waals surface area (Å²) < 4.78 is 0. The van der Waals surface area contributed by atoms with E-state index in [4.69, 9.17) is 0 Å². The quantitative estimate of drug-likeness (QED) is 0.407. The third-order valence-electron chi connectivity index (χ3n) is 0.298. The summed E-state index contributed by atoms with van der Waals surface area (Å²) in [6.45, 7) is 0.417. The lowest BCUT2D eigenvalue weighted by Gasteiger charge is -1.62. The van der Waals surface area contributed by atoms with Crippen molar-refractivity contribution in [3.05, 3.63) is 0 Å². The highest BCUT2D eigenvalue weighted by molar-refractivity contribution is 4.13. The van der Waals surface area contributed by atoms with E-state index in [-0.39, 0.29) is 0 Å². The van der Waals surface area contributed by atoms with Crippen molar-refractivity contribution >= 4 is 0 Å². The molecule has 0 fully saturated rings. The Bertz CT molecular complexity index is 44.9. The molecule has 0 atom stereocenters. The fourth-order valence-corrected chi connectivity index (χ4v) is 0.144. The predicted octanol–water partition coefficient (Wildman–Crippen LogP) is -0.818. The van der Waals surface area contributed by atoms with Crippen molar-refractivity contribution in [1.82, 2.24) is 10.7 Å². The van der Waals surface area contributed by atoms with Crippen LogP contribution in [0.25, 0.3) is 0 Å². The Morgan fingerprint density at radius 2 is 3.00 bits per heavy atom. The molecule has 0 saturated heterocycles. The fourth-order valence-electron chi connectivity index (χ4n) is 0.144. The summed E-state index contributed by atoms with van der Waals surface area (Å²) in [5.74, 6) is 0. The highest BCUT2D eigenvalue weighted by Crippen LogP contribution is 1.66. The monoisotopic (exact) mass is 73.0 g/mol. The minimum atomic E-state index is 0.417. The van der Waals surface area contributed by atoms with Crippen LogP contribution in [0.4, 0.5) is 0 Å².